The highest BCUT2D eigenvalue weighted by atomic mass is 16.1. The molecule has 6 heteroatoms. The lowest BCUT2D eigenvalue weighted by Gasteiger charge is -1.98. The van der Waals surface area contributed by atoms with Gasteiger partial charge in [0.15, 0.2) is 0 Å². The maximum absolute atomic E-state index is 11.0. The van der Waals surface area contributed by atoms with E-state index >= 15 is 0 Å². The van der Waals surface area contributed by atoms with E-state index in [1.54, 1.807) is 11.0 Å². The molecular formula is C9H7N5O. The highest BCUT2D eigenvalue weighted by molar-refractivity contribution is 5.76. The van der Waals surface area contributed by atoms with Crippen molar-refractivity contribution in [1.82, 2.24) is 24.7 Å². The molecule has 74 valence electrons. The number of benzene rings is 1. The van der Waals surface area contributed by atoms with Gasteiger partial charge in [-0.1, -0.05) is 0 Å². The lowest BCUT2D eigenvalue weighted by molar-refractivity contribution is 0.880. The zero-order valence-corrected chi connectivity index (χ0v) is 7.64. The van der Waals surface area contributed by atoms with E-state index in [1.807, 2.05) is 18.2 Å². The molecule has 0 aliphatic rings. The summed E-state index contributed by atoms with van der Waals surface area (Å²) in [5, 5.41) is 4.00. The summed E-state index contributed by atoms with van der Waals surface area (Å²) in [5.74, 6) is 0. The Balaban J connectivity index is 2.26. The number of imidazole rings is 1. The number of hydrogen-bond donors (Lipinski definition) is 2. The summed E-state index contributed by atoms with van der Waals surface area (Å²) in [5.41, 5.74) is 2.19. The standard InChI is InChI=1S/C9H7N5O/c15-9-12-7-2-1-6(3-8(7)13-9)14-5-10-4-11-14/h1-5H,(H2,12,13,15). The molecule has 0 unspecified atom stereocenters. The molecule has 0 spiro atoms. The van der Waals surface area contributed by atoms with Crippen LogP contribution in [0.15, 0.2) is 35.6 Å². The summed E-state index contributed by atoms with van der Waals surface area (Å²) in [6.45, 7) is 0. The number of aromatic nitrogens is 5. The van der Waals surface area contributed by atoms with Crippen molar-refractivity contribution in [2.45, 2.75) is 0 Å². The Kier molecular flexibility index (Phi) is 1.49. The van der Waals surface area contributed by atoms with Gasteiger partial charge in [0.25, 0.3) is 0 Å². The second-order valence-corrected chi connectivity index (χ2v) is 3.15. The van der Waals surface area contributed by atoms with E-state index in [2.05, 4.69) is 20.1 Å². The van der Waals surface area contributed by atoms with Crippen LogP contribution < -0.4 is 5.69 Å². The Hall–Kier alpha value is -2.37. The van der Waals surface area contributed by atoms with Crippen LogP contribution in [0.1, 0.15) is 0 Å². The molecule has 15 heavy (non-hydrogen) atoms. The average Bonchev–Trinajstić information content (AvgIpc) is 2.82. The van der Waals surface area contributed by atoms with Gasteiger partial charge in [0.1, 0.15) is 12.7 Å². The predicted molar refractivity (Wildman–Crippen MR) is 53.8 cm³/mol. The van der Waals surface area contributed by atoms with Crippen LogP contribution in [0.2, 0.25) is 0 Å². The third-order valence-corrected chi connectivity index (χ3v) is 2.18. The molecule has 6 nitrogen and oxygen atoms in total. The molecule has 2 aromatic heterocycles. The molecule has 2 heterocycles. The van der Waals surface area contributed by atoms with E-state index in [0.29, 0.717) is 0 Å². The smallest absolute Gasteiger partial charge is 0.306 e. The van der Waals surface area contributed by atoms with Crippen LogP contribution in [0.5, 0.6) is 0 Å². The highest BCUT2D eigenvalue weighted by Crippen LogP contribution is 2.12. The fraction of sp³-hybridized carbons (Fsp3) is 0. The summed E-state index contributed by atoms with van der Waals surface area (Å²) in [6.07, 6.45) is 3.07. The first-order chi connectivity index (χ1) is 7.33. The number of nitrogens with zero attached hydrogens (tertiary/aromatic N) is 3. The quantitative estimate of drug-likeness (QED) is 0.599. The van der Waals surface area contributed by atoms with E-state index in [9.17, 15) is 4.79 Å². The molecule has 0 bridgehead atoms. The monoisotopic (exact) mass is 201 g/mol. The highest BCUT2D eigenvalue weighted by Gasteiger charge is 2.01. The molecule has 0 saturated carbocycles. The van der Waals surface area contributed by atoms with Crippen LogP contribution >= 0.6 is 0 Å². The zero-order chi connectivity index (χ0) is 10.3. The minimum Gasteiger partial charge on any atom is -0.306 e. The Morgan fingerprint density at radius 2 is 2.07 bits per heavy atom. The third-order valence-electron chi connectivity index (χ3n) is 2.18. The molecule has 3 aromatic rings. The van der Waals surface area contributed by atoms with Gasteiger partial charge in [-0.25, -0.2) is 14.5 Å². The first kappa shape index (κ1) is 7.98. The lowest BCUT2D eigenvalue weighted by Crippen LogP contribution is -1.99. The van der Waals surface area contributed by atoms with Gasteiger partial charge < -0.3 is 9.97 Å². The van der Waals surface area contributed by atoms with Gasteiger partial charge in [-0.15, -0.1) is 0 Å². The summed E-state index contributed by atoms with van der Waals surface area (Å²) in [4.78, 5) is 20.3. The summed E-state index contributed by atoms with van der Waals surface area (Å²) in [7, 11) is 0. The topological polar surface area (TPSA) is 79.4 Å². The number of fused-ring (bicyclic) bond motifs is 1. The Morgan fingerprint density at radius 1 is 1.20 bits per heavy atom. The van der Waals surface area contributed by atoms with Crippen LogP contribution in [0.4, 0.5) is 0 Å². The fourth-order valence-corrected chi connectivity index (χ4v) is 1.50. The van der Waals surface area contributed by atoms with Gasteiger partial charge in [-0.05, 0) is 18.2 Å². The molecule has 0 radical (unpaired) electrons. The fourth-order valence-electron chi connectivity index (χ4n) is 1.50. The summed E-state index contributed by atoms with van der Waals surface area (Å²) >= 11 is 0. The van der Waals surface area contributed by atoms with Crippen LogP contribution in [-0.2, 0) is 0 Å². The van der Waals surface area contributed by atoms with Gasteiger partial charge in [-0.2, -0.15) is 5.10 Å². The Morgan fingerprint density at radius 3 is 2.87 bits per heavy atom. The van der Waals surface area contributed by atoms with Crippen LogP contribution in [0.25, 0.3) is 16.7 Å². The summed E-state index contributed by atoms with van der Waals surface area (Å²) in [6, 6.07) is 5.52. The predicted octanol–water partition coefficient (Wildman–Crippen LogP) is 0.437. The molecule has 0 atom stereocenters. The number of hydrogen-bond acceptors (Lipinski definition) is 3. The molecule has 1 aromatic carbocycles. The van der Waals surface area contributed by atoms with E-state index in [4.69, 9.17) is 0 Å². The molecule has 0 aliphatic carbocycles. The van der Waals surface area contributed by atoms with Crippen molar-refractivity contribution in [3.8, 4) is 5.69 Å². The van der Waals surface area contributed by atoms with E-state index in [-0.39, 0.29) is 5.69 Å². The second kappa shape index (κ2) is 2.81. The van der Waals surface area contributed by atoms with Gasteiger partial charge in [-0.3, -0.25) is 0 Å². The first-order valence-corrected chi connectivity index (χ1v) is 4.40. The molecule has 2 N–H and O–H groups in total. The molecule has 0 saturated heterocycles. The number of aromatic amines is 2. The van der Waals surface area contributed by atoms with Crippen molar-refractivity contribution in [2.75, 3.05) is 0 Å². The maximum Gasteiger partial charge on any atom is 0.323 e. The van der Waals surface area contributed by atoms with E-state index in [1.165, 1.54) is 6.33 Å². The van der Waals surface area contributed by atoms with Crippen molar-refractivity contribution in [3.05, 3.63) is 41.3 Å². The van der Waals surface area contributed by atoms with E-state index < -0.39 is 0 Å². The van der Waals surface area contributed by atoms with Gasteiger partial charge in [0, 0.05) is 0 Å². The number of nitrogens with one attached hydrogen (secondary N) is 2. The number of rotatable bonds is 1. The molecule has 0 fully saturated rings. The number of H-pyrrole nitrogens is 2. The van der Waals surface area contributed by atoms with Crippen LogP contribution in [0.3, 0.4) is 0 Å². The molecular weight excluding hydrogens is 194 g/mol. The van der Waals surface area contributed by atoms with Crippen molar-refractivity contribution < 1.29 is 0 Å². The summed E-state index contributed by atoms with van der Waals surface area (Å²) < 4.78 is 1.63. The normalized spacial score (nSPS) is 10.9. The largest absolute Gasteiger partial charge is 0.323 e. The first-order valence-electron chi connectivity index (χ1n) is 4.40. The third kappa shape index (κ3) is 1.23. The van der Waals surface area contributed by atoms with Gasteiger partial charge >= 0.3 is 5.69 Å². The molecule has 3 rings (SSSR count). The SMILES string of the molecule is O=c1[nH]c2ccc(-n3cncn3)cc2[nH]1. The Labute approximate surface area is 83.6 Å². The molecule has 0 aliphatic heterocycles. The van der Waals surface area contributed by atoms with Crippen molar-refractivity contribution in [3.63, 3.8) is 0 Å². The average molecular weight is 201 g/mol. The molecule has 0 amide bonds. The van der Waals surface area contributed by atoms with Crippen LogP contribution in [-0.4, -0.2) is 24.7 Å². The lowest BCUT2D eigenvalue weighted by atomic mass is 10.3. The minimum atomic E-state index is -0.208. The second-order valence-electron chi connectivity index (χ2n) is 3.15. The van der Waals surface area contributed by atoms with Gasteiger partial charge in [0.2, 0.25) is 0 Å². The minimum absolute atomic E-state index is 0.208. The maximum atomic E-state index is 11.0. The Bertz CT molecular complexity index is 649. The van der Waals surface area contributed by atoms with Crippen molar-refractivity contribution >= 4 is 11.0 Å². The van der Waals surface area contributed by atoms with Crippen molar-refractivity contribution in [1.29, 1.82) is 0 Å². The van der Waals surface area contributed by atoms with Gasteiger partial charge in [0.05, 0.1) is 16.7 Å². The van der Waals surface area contributed by atoms with Crippen molar-refractivity contribution in [2.24, 2.45) is 0 Å². The van der Waals surface area contributed by atoms with Crippen LogP contribution in [0, 0.1) is 0 Å². The van der Waals surface area contributed by atoms with E-state index in [0.717, 1.165) is 16.7 Å². The zero-order valence-electron chi connectivity index (χ0n) is 7.64.